The monoisotopic (exact) mass is 295 g/mol. The van der Waals surface area contributed by atoms with Gasteiger partial charge in [-0.25, -0.2) is 0 Å². The van der Waals surface area contributed by atoms with Crippen LogP contribution in [0, 0.1) is 0 Å². The van der Waals surface area contributed by atoms with Crippen molar-refractivity contribution in [2.75, 3.05) is 0 Å². The van der Waals surface area contributed by atoms with Gasteiger partial charge in [-0.2, -0.15) is 0 Å². The van der Waals surface area contributed by atoms with Gasteiger partial charge in [0, 0.05) is 5.54 Å². The lowest BCUT2D eigenvalue weighted by molar-refractivity contribution is 0.556. The quantitative estimate of drug-likeness (QED) is 0.654. The zero-order chi connectivity index (χ0) is 16.0. The minimum atomic E-state index is -0.327. The Balaban J connectivity index is 2.33. The molecular formula is C21H29N. The Labute approximate surface area is 135 Å². The normalized spacial score (nSPS) is 11.6. The molecular weight excluding hydrogens is 266 g/mol. The van der Waals surface area contributed by atoms with E-state index in [1.165, 1.54) is 47.9 Å². The molecule has 0 aliphatic heterocycles. The summed E-state index contributed by atoms with van der Waals surface area (Å²) < 4.78 is 0. The summed E-state index contributed by atoms with van der Waals surface area (Å²) in [5.74, 6) is 0. The van der Waals surface area contributed by atoms with Crippen LogP contribution in [-0.2, 0) is 12.0 Å². The van der Waals surface area contributed by atoms with Crippen LogP contribution in [-0.4, -0.2) is 0 Å². The minimum Gasteiger partial charge on any atom is -0.322 e. The van der Waals surface area contributed by atoms with Crippen molar-refractivity contribution >= 4 is 0 Å². The molecule has 0 aliphatic carbocycles. The Morgan fingerprint density at radius 3 is 2.14 bits per heavy atom. The molecule has 0 fully saturated rings. The second kappa shape index (κ2) is 7.60. The van der Waals surface area contributed by atoms with Gasteiger partial charge in [-0.15, -0.1) is 0 Å². The molecule has 118 valence electrons. The fraction of sp³-hybridized carbons (Fsp3) is 0.429. The predicted octanol–water partition coefficient (Wildman–Crippen LogP) is 5.67. The van der Waals surface area contributed by atoms with Gasteiger partial charge in [0.2, 0.25) is 0 Å². The van der Waals surface area contributed by atoms with Crippen LogP contribution in [0.15, 0.2) is 48.5 Å². The highest BCUT2D eigenvalue weighted by molar-refractivity contribution is 5.71. The molecule has 0 spiro atoms. The van der Waals surface area contributed by atoms with Gasteiger partial charge >= 0.3 is 0 Å². The van der Waals surface area contributed by atoms with Crippen LogP contribution in [0.1, 0.15) is 57.6 Å². The second-order valence-electron chi connectivity index (χ2n) is 6.74. The fourth-order valence-electron chi connectivity index (χ4n) is 3.02. The van der Waals surface area contributed by atoms with E-state index in [2.05, 4.69) is 69.3 Å². The highest BCUT2D eigenvalue weighted by atomic mass is 14.7. The van der Waals surface area contributed by atoms with E-state index >= 15 is 0 Å². The van der Waals surface area contributed by atoms with Crippen molar-refractivity contribution < 1.29 is 0 Å². The zero-order valence-corrected chi connectivity index (χ0v) is 14.2. The summed E-state index contributed by atoms with van der Waals surface area (Å²) in [6, 6.07) is 17.3. The SMILES string of the molecule is CCCCCCc1ccccc1-c1ccccc1C(C)(C)N. The van der Waals surface area contributed by atoms with Crippen LogP contribution < -0.4 is 5.73 Å². The first-order chi connectivity index (χ1) is 10.5. The summed E-state index contributed by atoms with van der Waals surface area (Å²) in [6.45, 7) is 6.42. The van der Waals surface area contributed by atoms with Crippen LogP contribution in [0.3, 0.4) is 0 Å². The van der Waals surface area contributed by atoms with E-state index in [1.54, 1.807) is 0 Å². The average molecular weight is 295 g/mol. The number of nitrogens with two attached hydrogens (primary N) is 1. The van der Waals surface area contributed by atoms with E-state index in [-0.39, 0.29) is 5.54 Å². The molecule has 2 aromatic rings. The maximum absolute atomic E-state index is 6.38. The first kappa shape index (κ1) is 16.8. The zero-order valence-electron chi connectivity index (χ0n) is 14.2. The lowest BCUT2D eigenvalue weighted by Crippen LogP contribution is -2.29. The van der Waals surface area contributed by atoms with Crippen molar-refractivity contribution in [2.24, 2.45) is 5.73 Å². The van der Waals surface area contributed by atoms with E-state index in [1.807, 2.05) is 0 Å². The Bertz CT molecular complexity index is 593. The van der Waals surface area contributed by atoms with Crippen LogP contribution in [0.25, 0.3) is 11.1 Å². The maximum atomic E-state index is 6.38. The molecule has 2 aromatic carbocycles. The molecule has 22 heavy (non-hydrogen) atoms. The van der Waals surface area contributed by atoms with Crippen molar-refractivity contribution in [2.45, 2.75) is 58.4 Å². The van der Waals surface area contributed by atoms with Gasteiger partial charge < -0.3 is 5.73 Å². The van der Waals surface area contributed by atoms with Gasteiger partial charge in [-0.3, -0.25) is 0 Å². The van der Waals surface area contributed by atoms with Crippen molar-refractivity contribution in [3.05, 3.63) is 59.7 Å². The molecule has 0 bridgehead atoms. The van der Waals surface area contributed by atoms with Gasteiger partial charge in [0.1, 0.15) is 0 Å². The van der Waals surface area contributed by atoms with Gasteiger partial charge in [0.25, 0.3) is 0 Å². The molecule has 1 heteroatoms. The lowest BCUT2D eigenvalue weighted by atomic mass is 9.85. The fourth-order valence-corrected chi connectivity index (χ4v) is 3.02. The van der Waals surface area contributed by atoms with Gasteiger partial charge in [-0.05, 0) is 48.9 Å². The third kappa shape index (κ3) is 4.20. The Kier molecular flexibility index (Phi) is 5.79. The number of hydrogen-bond donors (Lipinski definition) is 1. The molecule has 0 radical (unpaired) electrons. The third-order valence-corrected chi connectivity index (χ3v) is 4.23. The lowest BCUT2D eigenvalue weighted by Gasteiger charge is -2.24. The molecule has 0 amide bonds. The van der Waals surface area contributed by atoms with E-state index in [0.717, 1.165) is 6.42 Å². The number of rotatable bonds is 7. The molecule has 0 aliphatic rings. The molecule has 0 heterocycles. The summed E-state index contributed by atoms with van der Waals surface area (Å²) >= 11 is 0. The first-order valence-electron chi connectivity index (χ1n) is 8.50. The predicted molar refractivity (Wildman–Crippen MR) is 96.9 cm³/mol. The first-order valence-corrected chi connectivity index (χ1v) is 8.50. The Morgan fingerprint density at radius 2 is 1.45 bits per heavy atom. The molecule has 1 nitrogen and oxygen atoms in total. The molecule has 0 saturated heterocycles. The number of aryl methyl sites for hydroxylation is 1. The average Bonchev–Trinajstić information content (AvgIpc) is 2.51. The van der Waals surface area contributed by atoms with E-state index in [4.69, 9.17) is 5.73 Å². The molecule has 0 atom stereocenters. The summed E-state index contributed by atoms with van der Waals surface area (Å²) in [4.78, 5) is 0. The highest BCUT2D eigenvalue weighted by Crippen LogP contribution is 2.32. The number of benzene rings is 2. The Morgan fingerprint density at radius 1 is 0.818 bits per heavy atom. The molecule has 2 rings (SSSR count). The van der Waals surface area contributed by atoms with E-state index < -0.39 is 0 Å². The van der Waals surface area contributed by atoms with Gasteiger partial charge in [0.05, 0.1) is 0 Å². The molecule has 2 N–H and O–H groups in total. The number of unbranched alkanes of at least 4 members (excludes halogenated alkanes) is 3. The standard InChI is InChI=1S/C21H29N/c1-4-5-6-7-12-17-13-8-9-14-18(17)19-15-10-11-16-20(19)21(2,3)22/h8-11,13-16H,4-7,12,22H2,1-3H3. The number of hydrogen-bond acceptors (Lipinski definition) is 1. The highest BCUT2D eigenvalue weighted by Gasteiger charge is 2.19. The second-order valence-corrected chi connectivity index (χ2v) is 6.74. The minimum absolute atomic E-state index is 0.327. The van der Waals surface area contributed by atoms with E-state index in [0.29, 0.717) is 0 Å². The van der Waals surface area contributed by atoms with Crippen molar-refractivity contribution in [1.82, 2.24) is 0 Å². The smallest absolute Gasteiger partial charge is 0.0358 e. The van der Waals surface area contributed by atoms with Crippen LogP contribution in [0.2, 0.25) is 0 Å². The van der Waals surface area contributed by atoms with Crippen LogP contribution in [0.4, 0.5) is 0 Å². The summed E-state index contributed by atoms with van der Waals surface area (Å²) in [7, 11) is 0. The largest absolute Gasteiger partial charge is 0.322 e. The summed E-state index contributed by atoms with van der Waals surface area (Å²) in [6.07, 6.45) is 6.34. The van der Waals surface area contributed by atoms with Gasteiger partial charge in [-0.1, -0.05) is 74.7 Å². The van der Waals surface area contributed by atoms with Crippen molar-refractivity contribution in [3.8, 4) is 11.1 Å². The molecule has 0 saturated carbocycles. The van der Waals surface area contributed by atoms with E-state index in [9.17, 15) is 0 Å². The summed E-state index contributed by atoms with van der Waals surface area (Å²) in [5.41, 5.74) is 11.3. The van der Waals surface area contributed by atoms with Crippen molar-refractivity contribution in [1.29, 1.82) is 0 Å². The molecule has 0 aromatic heterocycles. The topological polar surface area (TPSA) is 26.0 Å². The van der Waals surface area contributed by atoms with Gasteiger partial charge in [0.15, 0.2) is 0 Å². The molecule has 0 unspecified atom stereocenters. The van der Waals surface area contributed by atoms with Crippen molar-refractivity contribution in [3.63, 3.8) is 0 Å². The third-order valence-electron chi connectivity index (χ3n) is 4.23. The van der Waals surface area contributed by atoms with Crippen LogP contribution in [0.5, 0.6) is 0 Å². The summed E-state index contributed by atoms with van der Waals surface area (Å²) in [5, 5.41) is 0. The Hall–Kier alpha value is -1.60. The maximum Gasteiger partial charge on any atom is 0.0358 e. The van der Waals surface area contributed by atoms with Crippen LogP contribution >= 0.6 is 0 Å².